The molecule has 0 atom stereocenters. The molecule has 0 radical (unpaired) electrons. The molecular weight excluding hydrogens is 426 g/mol. The van der Waals surface area contributed by atoms with Crippen molar-refractivity contribution in [2.45, 2.75) is 39.4 Å². The van der Waals surface area contributed by atoms with Crippen LogP contribution in [-0.4, -0.2) is 25.3 Å². The van der Waals surface area contributed by atoms with Crippen LogP contribution in [0.3, 0.4) is 0 Å². The van der Waals surface area contributed by atoms with Gasteiger partial charge in [0.25, 0.3) is 15.9 Å². The number of amides is 1. The van der Waals surface area contributed by atoms with Gasteiger partial charge in [0.1, 0.15) is 9.77 Å². The van der Waals surface area contributed by atoms with Crippen molar-refractivity contribution >= 4 is 44.6 Å². The lowest BCUT2D eigenvalue weighted by Crippen LogP contribution is -2.20. The zero-order chi connectivity index (χ0) is 28.1. The first-order valence-corrected chi connectivity index (χ1v) is 10.8. The Morgan fingerprint density at radius 1 is 1.30 bits per heavy atom. The average molecular weight is 455 g/mol. The van der Waals surface area contributed by atoms with Crippen LogP contribution in [0.25, 0.3) is 0 Å². The molecule has 2 aromatic heterocycles. The fourth-order valence-corrected chi connectivity index (χ4v) is 5.00. The van der Waals surface area contributed by atoms with E-state index in [0.29, 0.717) is 5.56 Å². The summed E-state index contributed by atoms with van der Waals surface area (Å²) in [7, 11) is -4.56. The van der Waals surface area contributed by atoms with Crippen molar-refractivity contribution in [2.24, 2.45) is 0 Å². The molecule has 0 aliphatic heterocycles. The third-order valence-corrected chi connectivity index (χ3v) is 6.50. The second-order valence-corrected chi connectivity index (χ2v) is 8.93. The Morgan fingerprint density at radius 3 is 2.77 bits per heavy atom. The number of carbonyl (C=O) groups is 2. The Hall–Kier alpha value is -2.98. The SMILES string of the molecule is [2H]c1c(C)cc(C)c(NC(=O)c2sccc2S(=O)(=O)Nc2onc(C)c2C([2H])([2H])[2H])c1C(=O)C([2H])([2H])[2H]. The van der Waals surface area contributed by atoms with E-state index in [4.69, 9.17) is 14.1 Å². The Bertz CT molecular complexity index is 1510. The van der Waals surface area contributed by atoms with Crippen molar-refractivity contribution in [3.63, 3.8) is 0 Å². The predicted molar refractivity (Wildman–Crippen MR) is 115 cm³/mol. The quantitative estimate of drug-likeness (QED) is 0.538. The Balaban J connectivity index is 2.03. The largest absolute Gasteiger partial charge is 0.337 e. The minimum Gasteiger partial charge on any atom is -0.337 e. The molecule has 0 bridgehead atoms. The summed E-state index contributed by atoms with van der Waals surface area (Å²) < 4.78 is 86.4. The Morgan fingerprint density at radius 2 is 2.07 bits per heavy atom. The van der Waals surface area contributed by atoms with E-state index in [2.05, 4.69) is 10.5 Å². The number of carbonyl (C=O) groups excluding carboxylic acids is 2. The molecule has 0 spiro atoms. The molecule has 0 unspecified atom stereocenters. The summed E-state index contributed by atoms with van der Waals surface area (Å²) in [6, 6.07) is 2.19. The summed E-state index contributed by atoms with van der Waals surface area (Å²) in [5, 5.41) is 7.18. The third kappa shape index (κ3) is 4.14. The molecule has 2 heterocycles. The molecule has 158 valence electrons. The van der Waals surface area contributed by atoms with Crippen LogP contribution >= 0.6 is 11.3 Å². The minimum absolute atomic E-state index is 0.0477. The fraction of sp³-hybridized carbons (Fsp3) is 0.250. The molecule has 0 fully saturated rings. The van der Waals surface area contributed by atoms with Crippen molar-refractivity contribution in [3.05, 3.63) is 56.4 Å². The van der Waals surface area contributed by atoms with Crippen LogP contribution in [0.2, 0.25) is 0 Å². The first-order valence-electron chi connectivity index (χ1n) is 11.9. The van der Waals surface area contributed by atoms with Gasteiger partial charge in [0.2, 0.25) is 5.88 Å². The standard InChI is InChI=1S/C20H21N3O5S2/c1-10-8-11(2)17(15(9-10)14(5)24)21-19(25)18-16(6-7-29-18)30(26,27)23-20-12(3)13(4)22-28-20/h6-9,23H,1-5H3,(H,21,25)/i3D3,5D3,9D. The summed E-state index contributed by atoms with van der Waals surface area (Å²) in [6.07, 6.45) is 0. The van der Waals surface area contributed by atoms with E-state index in [1.165, 1.54) is 32.2 Å². The monoisotopic (exact) mass is 454 g/mol. The molecule has 1 aromatic carbocycles. The summed E-state index contributed by atoms with van der Waals surface area (Å²) in [5.74, 6) is -2.97. The van der Waals surface area contributed by atoms with Crippen LogP contribution in [0.5, 0.6) is 0 Å². The van der Waals surface area contributed by atoms with Gasteiger partial charge in [0.05, 0.1) is 12.8 Å². The minimum atomic E-state index is -4.56. The highest BCUT2D eigenvalue weighted by Crippen LogP contribution is 2.29. The van der Waals surface area contributed by atoms with Gasteiger partial charge in [-0.15, -0.1) is 11.3 Å². The molecule has 0 aliphatic carbocycles. The summed E-state index contributed by atoms with van der Waals surface area (Å²) in [5.41, 5.74) is -0.657. The number of hydrogen-bond acceptors (Lipinski definition) is 7. The molecule has 0 saturated carbocycles. The van der Waals surface area contributed by atoms with E-state index in [9.17, 15) is 18.0 Å². The number of benzene rings is 1. The molecule has 2 N–H and O–H groups in total. The summed E-state index contributed by atoms with van der Waals surface area (Å²) >= 11 is 0.731. The van der Waals surface area contributed by atoms with Crippen LogP contribution in [-0.2, 0) is 10.0 Å². The van der Waals surface area contributed by atoms with Gasteiger partial charge >= 0.3 is 0 Å². The number of hydrogen-bond donors (Lipinski definition) is 2. The first-order chi connectivity index (χ1) is 16.9. The zero-order valence-corrected chi connectivity index (χ0v) is 17.7. The average Bonchev–Trinajstić information content (AvgIpc) is 3.38. The van der Waals surface area contributed by atoms with E-state index < -0.39 is 57.3 Å². The second-order valence-electron chi connectivity index (χ2n) is 6.36. The number of aromatic nitrogens is 1. The van der Waals surface area contributed by atoms with Crippen LogP contribution in [0, 0.1) is 27.6 Å². The molecule has 0 saturated heterocycles. The number of nitrogens with zero attached hydrogens (tertiary/aromatic N) is 1. The van der Waals surface area contributed by atoms with E-state index in [1.54, 1.807) is 0 Å². The van der Waals surface area contributed by atoms with E-state index >= 15 is 0 Å². The van der Waals surface area contributed by atoms with Gasteiger partial charge in [-0.25, -0.2) is 13.1 Å². The normalized spacial score (nSPS) is 15.6. The van der Waals surface area contributed by atoms with E-state index in [-0.39, 0.29) is 27.9 Å². The van der Waals surface area contributed by atoms with Gasteiger partial charge in [-0.05, 0) is 63.1 Å². The molecule has 3 aromatic rings. The van der Waals surface area contributed by atoms with Crippen molar-refractivity contribution in [1.82, 2.24) is 5.16 Å². The van der Waals surface area contributed by atoms with Crippen LogP contribution < -0.4 is 10.0 Å². The lowest BCUT2D eigenvalue weighted by Gasteiger charge is -2.14. The Labute approximate surface area is 188 Å². The molecule has 3 rings (SSSR count). The molecule has 8 nitrogen and oxygen atoms in total. The third-order valence-electron chi connectivity index (χ3n) is 4.08. The van der Waals surface area contributed by atoms with Crippen molar-refractivity contribution in [3.8, 4) is 0 Å². The maximum Gasteiger partial charge on any atom is 0.267 e. The molecule has 0 aliphatic rings. The number of thiophene rings is 1. The van der Waals surface area contributed by atoms with Crippen LogP contribution in [0.4, 0.5) is 11.6 Å². The maximum atomic E-state index is 13.2. The number of rotatable bonds is 6. The predicted octanol–water partition coefficient (Wildman–Crippen LogP) is 4.23. The van der Waals surface area contributed by atoms with Gasteiger partial charge in [-0.3, -0.25) is 9.59 Å². The number of nitrogens with one attached hydrogen (secondary N) is 2. The second kappa shape index (κ2) is 8.04. The van der Waals surface area contributed by atoms with Gasteiger partial charge in [-0.2, -0.15) is 0 Å². The van der Waals surface area contributed by atoms with E-state index in [1.807, 2.05) is 4.72 Å². The van der Waals surface area contributed by atoms with E-state index in [0.717, 1.165) is 17.4 Å². The number of Topliss-reactive ketones (excluding diaryl/α,β-unsaturated/α-hetero) is 1. The van der Waals surface area contributed by atoms with Gasteiger partial charge in [0, 0.05) is 19.4 Å². The van der Waals surface area contributed by atoms with Gasteiger partial charge in [0.15, 0.2) is 5.78 Å². The highest BCUT2D eigenvalue weighted by atomic mass is 32.2. The molecule has 30 heavy (non-hydrogen) atoms. The lowest BCUT2D eigenvalue weighted by atomic mass is 10.0. The van der Waals surface area contributed by atoms with Gasteiger partial charge in [-0.1, -0.05) is 11.2 Å². The number of sulfonamides is 1. The summed E-state index contributed by atoms with van der Waals surface area (Å²) in [4.78, 5) is 24.9. The molecular formula is C20H21N3O5S2. The van der Waals surface area contributed by atoms with Crippen molar-refractivity contribution in [2.75, 3.05) is 10.0 Å². The summed E-state index contributed by atoms with van der Waals surface area (Å²) in [6.45, 7) is -1.50. The highest BCUT2D eigenvalue weighted by molar-refractivity contribution is 7.93. The van der Waals surface area contributed by atoms with Crippen LogP contribution in [0.15, 0.2) is 33.0 Å². The highest BCUT2D eigenvalue weighted by Gasteiger charge is 2.27. The number of anilines is 2. The lowest BCUT2D eigenvalue weighted by molar-refractivity contribution is 0.101. The van der Waals surface area contributed by atoms with Crippen LogP contribution in [0.1, 0.15) is 58.9 Å². The molecule has 10 heteroatoms. The first kappa shape index (κ1) is 14.1. The fourth-order valence-electron chi connectivity index (χ4n) is 2.68. The number of ketones is 1. The van der Waals surface area contributed by atoms with Crippen molar-refractivity contribution in [1.29, 1.82) is 0 Å². The maximum absolute atomic E-state index is 13.2. The Kier molecular flexibility index (Phi) is 3.78. The van der Waals surface area contributed by atoms with Crippen molar-refractivity contribution < 1.29 is 32.1 Å². The number of aryl methyl sites for hydroxylation is 3. The van der Waals surface area contributed by atoms with Gasteiger partial charge < -0.3 is 9.84 Å². The smallest absolute Gasteiger partial charge is 0.267 e. The zero-order valence-electron chi connectivity index (χ0n) is 23.0. The molecule has 1 amide bonds. The topological polar surface area (TPSA) is 118 Å².